The Hall–Kier alpha value is -1.96. The van der Waals surface area contributed by atoms with Crippen molar-refractivity contribution in [2.24, 2.45) is 0 Å². The Bertz CT molecular complexity index is 604. The molecule has 0 amide bonds. The van der Waals surface area contributed by atoms with Gasteiger partial charge in [-0.1, -0.05) is 29.8 Å². The molecule has 0 fully saturated rings. The molecule has 1 atom stereocenters. The van der Waals surface area contributed by atoms with Gasteiger partial charge in [0.2, 0.25) is 0 Å². The van der Waals surface area contributed by atoms with Crippen molar-refractivity contribution in [3.05, 3.63) is 64.5 Å². The number of aldehydes is 1. The third kappa shape index (κ3) is 1.74. The fourth-order valence-electron chi connectivity index (χ4n) is 2.82. The van der Waals surface area contributed by atoms with Crippen LogP contribution in [0.1, 0.15) is 45.1 Å². The van der Waals surface area contributed by atoms with Crippen molar-refractivity contribution >= 4 is 6.29 Å². The van der Waals surface area contributed by atoms with E-state index in [9.17, 15) is 4.79 Å². The predicted molar refractivity (Wildman–Crippen MR) is 71.0 cm³/mol. The lowest BCUT2D eigenvalue weighted by molar-refractivity contribution is 0.112. The average Bonchev–Trinajstić information content (AvgIpc) is 2.82. The third-order valence-electron chi connectivity index (χ3n) is 3.70. The molecule has 2 nitrogen and oxygen atoms in total. The summed E-state index contributed by atoms with van der Waals surface area (Å²) < 4.78 is 0. The van der Waals surface area contributed by atoms with Gasteiger partial charge in [-0.25, -0.2) is 0 Å². The molecule has 1 aliphatic carbocycles. The van der Waals surface area contributed by atoms with E-state index < -0.39 is 0 Å². The molecule has 0 saturated heterocycles. The smallest absolute Gasteiger partial charge is 0.150 e. The lowest BCUT2D eigenvalue weighted by Crippen LogP contribution is -2.03. The Balaban J connectivity index is 2.12. The largest absolute Gasteiger partial charge is 0.298 e. The van der Waals surface area contributed by atoms with Crippen molar-refractivity contribution in [2.45, 2.75) is 25.7 Å². The van der Waals surface area contributed by atoms with Gasteiger partial charge in [-0.3, -0.25) is 9.78 Å². The Morgan fingerprint density at radius 1 is 1.33 bits per heavy atom. The van der Waals surface area contributed by atoms with E-state index in [0.717, 1.165) is 35.9 Å². The summed E-state index contributed by atoms with van der Waals surface area (Å²) in [5, 5.41) is 0. The van der Waals surface area contributed by atoms with Crippen LogP contribution in [0.25, 0.3) is 0 Å². The number of aryl methyl sites for hydroxylation is 2. The molecule has 0 N–H and O–H groups in total. The lowest BCUT2D eigenvalue weighted by Gasteiger charge is -2.14. The molecule has 18 heavy (non-hydrogen) atoms. The first-order valence-electron chi connectivity index (χ1n) is 6.29. The molecule has 0 aliphatic heterocycles. The monoisotopic (exact) mass is 237 g/mol. The van der Waals surface area contributed by atoms with Crippen molar-refractivity contribution in [3.63, 3.8) is 0 Å². The zero-order chi connectivity index (χ0) is 12.5. The summed E-state index contributed by atoms with van der Waals surface area (Å²) in [5.41, 5.74) is 5.58. The number of pyridine rings is 1. The van der Waals surface area contributed by atoms with E-state index in [1.165, 1.54) is 11.1 Å². The summed E-state index contributed by atoms with van der Waals surface area (Å²) in [6.07, 6.45) is 4.90. The summed E-state index contributed by atoms with van der Waals surface area (Å²) in [6.45, 7) is 2.06. The zero-order valence-corrected chi connectivity index (χ0v) is 10.4. The van der Waals surface area contributed by atoms with Crippen LogP contribution < -0.4 is 0 Å². The molecule has 1 unspecified atom stereocenters. The highest BCUT2D eigenvalue weighted by molar-refractivity contribution is 5.78. The van der Waals surface area contributed by atoms with Crippen LogP contribution in [0.15, 0.2) is 36.5 Å². The maximum atomic E-state index is 11.2. The van der Waals surface area contributed by atoms with Crippen LogP contribution in [0.5, 0.6) is 0 Å². The van der Waals surface area contributed by atoms with Crippen molar-refractivity contribution in [3.8, 4) is 0 Å². The second-order valence-corrected chi connectivity index (χ2v) is 4.89. The van der Waals surface area contributed by atoms with Crippen LogP contribution in [0.4, 0.5) is 0 Å². The molecule has 1 aromatic carbocycles. The minimum atomic E-state index is 0.279. The lowest BCUT2D eigenvalue weighted by atomic mass is 9.91. The van der Waals surface area contributed by atoms with Gasteiger partial charge in [0, 0.05) is 17.7 Å². The standard InChI is InChI=1S/C16H15NO/c1-11-4-5-13(10-18)15(9-11)14-7-6-12-3-2-8-17-16(12)14/h2-5,8-10,14H,6-7H2,1H3. The maximum absolute atomic E-state index is 11.2. The first-order valence-corrected chi connectivity index (χ1v) is 6.29. The van der Waals surface area contributed by atoms with Crippen LogP contribution in [-0.4, -0.2) is 11.3 Å². The van der Waals surface area contributed by atoms with Gasteiger partial charge in [0.25, 0.3) is 0 Å². The van der Waals surface area contributed by atoms with Gasteiger partial charge >= 0.3 is 0 Å². The molecule has 1 aliphatic rings. The first-order chi connectivity index (χ1) is 8.79. The Labute approximate surface area is 107 Å². The SMILES string of the molecule is Cc1ccc(C=O)c(C2CCc3cccnc32)c1. The first kappa shape index (κ1) is 11.1. The quantitative estimate of drug-likeness (QED) is 0.750. The Morgan fingerprint density at radius 2 is 2.22 bits per heavy atom. The summed E-state index contributed by atoms with van der Waals surface area (Å²) in [5.74, 6) is 0.279. The molecule has 2 aromatic rings. The molecule has 90 valence electrons. The number of fused-ring (bicyclic) bond motifs is 1. The van der Waals surface area contributed by atoms with Crippen molar-refractivity contribution in [1.29, 1.82) is 0 Å². The van der Waals surface area contributed by atoms with Crippen LogP contribution >= 0.6 is 0 Å². The zero-order valence-electron chi connectivity index (χ0n) is 10.4. The molecule has 0 saturated carbocycles. The summed E-state index contributed by atoms with van der Waals surface area (Å²) in [6, 6.07) is 10.1. The molecular formula is C16H15NO. The molecule has 1 heterocycles. The Morgan fingerprint density at radius 3 is 3.06 bits per heavy atom. The molecule has 0 spiro atoms. The minimum absolute atomic E-state index is 0.279. The van der Waals surface area contributed by atoms with Gasteiger partial charge < -0.3 is 0 Å². The highest BCUT2D eigenvalue weighted by Crippen LogP contribution is 2.37. The molecule has 2 heteroatoms. The number of nitrogens with zero attached hydrogens (tertiary/aromatic N) is 1. The summed E-state index contributed by atoms with van der Waals surface area (Å²) >= 11 is 0. The van der Waals surface area contributed by atoms with Crippen molar-refractivity contribution in [1.82, 2.24) is 4.98 Å². The van der Waals surface area contributed by atoms with E-state index in [4.69, 9.17) is 0 Å². The number of hydrogen-bond donors (Lipinski definition) is 0. The van der Waals surface area contributed by atoms with Gasteiger partial charge in [0.05, 0.1) is 5.69 Å². The van der Waals surface area contributed by atoms with Gasteiger partial charge in [0.1, 0.15) is 6.29 Å². The second kappa shape index (κ2) is 4.37. The van der Waals surface area contributed by atoms with E-state index >= 15 is 0 Å². The predicted octanol–water partition coefficient (Wildman–Crippen LogP) is 3.28. The van der Waals surface area contributed by atoms with Gasteiger partial charge in [0.15, 0.2) is 0 Å². The second-order valence-electron chi connectivity index (χ2n) is 4.89. The van der Waals surface area contributed by atoms with Crippen LogP contribution in [0.2, 0.25) is 0 Å². The molecule has 3 rings (SSSR count). The van der Waals surface area contributed by atoms with E-state index in [1.807, 2.05) is 24.4 Å². The number of benzene rings is 1. The fraction of sp³-hybridized carbons (Fsp3) is 0.250. The number of rotatable bonds is 2. The normalized spacial score (nSPS) is 17.5. The number of aromatic nitrogens is 1. The highest BCUT2D eigenvalue weighted by atomic mass is 16.1. The number of carbonyl (C=O) groups excluding carboxylic acids is 1. The van der Waals surface area contributed by atoms with Crippen LogP contribution in [-0.2, 0) is 6.42 Å². The molecule has 0 bridgehead atoms. The van der Waals surface area contributed by atoms with E-state index in [0.29, 0.717) is 0 Å². The van der Waals surface area contributed by atoms with E-state index in [-0.39, 0.29) is 5.92 Å². The molecule has 1 aromatic heterocycles. The van der Waals surface area contributed by atoms with Crippen molar-refractivity contribution < 1.29 is 4.79 Å². The Kier molecular flexibility index (Phi) is 2.71. The van der Waals surface area contributed by atoms with E-state index in [1.54, 1.807) is 0 Å². The topological polar surface area (TPSA) is 30.0 Å². The van der Waals surface area contributed by atoms with Crippen LogP contribution in [0.3, 0.4) is 0 Å². The third-order valence-corrected chi connectivity index (χ3v) is 3.70. The fourth-order valence-corrected chi connectivity index (χ4v) is 2.82. The van der Waals surface area contributed by atoms with Gasteiger partial charge in [-0.05, 0) is 37.0 Å². The van der Waals surface area contributed by atoms with Gasteiger partial charge in [-0.2, -0.15) is 0 Å². The van der Waals surface area contributed by atoms with Crippen molar-refractivity contribution in [2.75, 3.05) is 0 Å². The summed E-state index contributed by atoms with van der Waals surface area (Å²) in [4.78, 5) is 15.7. The van der Waals surface area contributed by atoms with Crippen LogP contribution in [0, 0.1) is 6.92 Å². The van der Waals surface area contributed by atoms with Gasteiger partial charge in [-0.15, -0.1) is 0 Å². The minimum Gasteiger partial charge on any atom is -0.298 e. The average molecular weight is 237 g/mol. The number of carbonyl (C=O) groups is 1. The molecule has 0 radical (unpaired) electrons. The number of hydrogen-bond acceptors (Lipinski definition) is 2. The highest BCUT2D eigenvalue weighted by Gasteiger charge is 2.26. The molecular weight excluding hydrogens is 222 g/mol. The summed E-state index contributed by atoms with van der Waals surface area (Å²) in [7, 11) is 0. The maximum Gasteiger partial charge on any atom is 0.150 e. The van der Waals surface area contributed by atoms with E-state index in [2.05, 4.69) is 24.0 Å².